The Morgan fingerprint density at radius 2 is 1.52 bits per heavy atom. The molecule has 0 spiro atoms. The molecule has 0 heterocycles. The monoisotopic (exact) mass is 360 g/mol. The van der Waals surface area contributed by atoms with Crippen LogP contribution in [0.2, 0.25) is 0 Å². The highest BCUT2D eigenvalue weighted by Crippen LogP contribution is 2.26. The molecule has 0 aliphatic heterocycles. The first kappa shape index (κ1) is 15.0. The molecule has 0 bridgehead atoms. The average Bonchev–Trinajstić information content (AvgIpc) is 2.54. The molecule has 2 nitrogen and oxygen atoms in total. The van der Waals surface area contributed by atoms with Crippen LogP contribution in [0.5, 0.6) is 0 Å². The molecule has 2 rings (SSSR count). The highest BCUT2D eigenvalue weighted by atomic mass is 32.2. The lowest BCUT2D eigenvalue weighted by atomic mass is 10.1. The van der Waals surface area contributed by atoms with Gasteiger partial charge < -0.3 is 4.74 Å². The molecule has 0 aromatic heterocycles. The van der Waals surface area contributed by atoms with Crippen molar-refractivity contribution in [3.63, 3.8) is 0 Å². The van der Waals surface area contributed by atoms with Crippen molar-refractivity contribution in [2.24, 2.45) is 0 Å². The van der Waals surface area contributed by atoms with Crippen molar-refractivity contribution in [1.82, 2.24) is 0 Å². The molecule has 0 amide bonds. The highest BCUT2D eigenvalue weighted by molar-refractivity contribution is 7.99. The molecule has 0 unspecified atom stereocenters. The summed E-state index contributed by atoms with van der Waals surface area (Å²) in [6.45, 7) is 0. The third kappa shape index (κ3) is 5.21. The third-order valence-corrected chi connectivity index (χ3v) is 4.22. The Labute approximate surface area is 143 Å². The van der Waals surface area contributed by atoms with Gasteiger partial charge in [0.15, 0.2) is 0 Å². The quantitative estimate of drug-likeness (QED) is 0.414. The zero-order chi connectivity index (χ0) is 18.7. The Hall–Kier alpha value is -1.60. The van der Waals surface area contributed by atoms with E-state index in [0.717, 1.165) is 16.0 Å². The lowest BCUT2D eigenvalue weighted by molar-refractivity contribution is -0.197. The van der Waals surface area contributed by atoms with Gasteiger partial charge in [-0.1, -0.05) is 36.0 Å². The normalized spacial score (nSPS) is 13.2. The smallest absolute Gasteiger partial charge is 0.448 e. The van der Waals surface area contributed by atoms with E-state index in [1.807, 2.05) is 30.5 Å². The largest absolute Gasteiger partial charge is 0.490 e. The standard InChI is InChI=1S/C16H13F3O2S2/c1-22-13-6-2-11(3-7-13)12-4-8-14(9-5-12)23-10-21-15(20)16(17,18)19/h2-9H,10H2,1H3/i10D2. The number of carbonyl (C=O) groups excluding carboxylic acids is 1. The molecule has 2 aromatic rings. The minimum absolute atomic E-state index is 0.337. The molecule has 0 fully saturated rings. The van der Waals surface area contributed by atoms with Crippen molar-refractivity contribution < 1.29 is 25.4 Å². The van der Waals surface area contributed by atoms with Crippen LogP contribution < -0.4 is 0 Å². The molecule has 122 valence electrons. The number of halogens is 3. The second-order valence-corrected chi connectivity index (χ2v) is 6.05. The first-order chi connectivity index (χ1) is 11.6. The number of esters is 1. The second-order valence-electron chi connectivity index (χ2n) is 4.33. The number of thioether (sulfide) groups is 2. The van der Waals surface area contributed by atoms with E-state index in [1.165, 1.54) is 0 Å². The fourth-order valence-electron chi connectivity index (χ4n) is 1.66. The summed E-state index contributed by atoms with van der Waals surface area (Å²) in [4.78, 5) is 12.2. The predicted molar refractivity (Wildman–Crippen MR) is 86.5 cm³/mol. The molecule has 0 atom stereocenters. The van der Waals surface area contributed by atoms with E-state index in [0.29, 0.717) is 16.7 Å². The van der Waals surface area contributed by atoms with Gasteiger partial charge in [-0.3, -0.25) is 0 Å². The van der Waals surface area contributed by atoms with E-state index >= 15 is 0 Å². The van der Waals surface area contributed by atoms with E-state index in [9.17, 15) is 18.0 Å². The van der Waals surface area contributed by atoms with Crippen molar-refractivity contribution in [3.05, 3.63) is 48.5 Å². The molecule has 0 saturated carbocycles. The predicted octanol–water partition coefficient (Wildman–Crippen LogP) is 5.23. The number of hydrogen-bond donors (Lipinski definition) is 0. The molecular weight excluding hydrogens is 345 g/mol. The molecule has 0 N–H and O–H groups in total. The Bertz CT molecular complexity index is 733. The van der Waals surface area contributed by atoms with Gasteiger partial charge in [0, 0.05) is 9.79 Å². The lowest BCUT2D eigenvalue weighted by Gasteiger charge is -2.08. The van der Waals surface area contributed by atoms with Crippen LogP contribution in [0.4, 0.5) is 13.2 Å². The van der Waals surface area contributed by atoms with Crippen LogP contribution in [0.25, 0.3) is 11.1 Å². The molecular formula is C16H13F3O2S2. The van der Waals surface area contributed by atoms with Crippen LogP contribution >= 0.6 is 23.5 Å². The maximum absolute atomic E-state index is 12.2. The van der Waals surface area contributed by atoms with Crippen molar-refractivity contribution in [2.45, 2.75) is 16.0 Å². The van der Waals surface area contributed by atoms with Crippen LogP contribution in [0.3, 0.4) is 0 Å². The summed E-state index contributed by atoms with van der Waals surface area (Å²) in [6, 6.07) is 14.4. The van der Waals surface area contributed by atoms with E-state index in [2.05, 4.69) is 4.74 Å². The summed E-state index contributed by atoms with van der Waals surface area (Å²) in [5, 5.41) is 0. The van der Waals surface area contributed by atoms with Crippen molar-refractivity contribution in [2.75, 3.05) is 12.1 Å². The number of carbonyl (C=O) groups is 1. The van der Waals surface area contributed by atoms with Gasteiger partial charge in [-0.05, 0) is 41.6 Å². The molecule has 2 aromatic carbocycles. The van der Waals surface area contributed by atoms with E-state index in [4.69, 9.17) is 2.74 Å². The van der Waals surface area contributed by atoms with Crippen molar-refractivity contribution >= 4 is 29.5 Å². The maximum atomic E-state index is 12.2. The average molecular weight is 360 g/mol. The van der Waals surface area contributed by atoms with Crippen LogP contribution in [0, 0.1) is 0 Å². The molecule has 23 heavy (non-hydrogen) atoms. The van der Waals surface area contributed by atoms with Gasteiger partial charge in [-0.15, -0.1) is 11.8 Å². The number of rotatable bonds is 5. The van der Waals surface area contributed by atoms with Crippen molar-refractivity contribution in [3.8, 4) is 11.1 Å². The molecule has 0 aliphatic rings. The Morgan fingerprint density at radius 1 is 1.04 bits per heavy atom. The zero-order valence-corrected chi connectivity index (χ0v) is 13.5. The molecule has 7 heteroatoms. The Morgan fingerprint density at radius 3 is 1.96 bits per heavy atom. The lowest BCUT2D eigenvalue weighted by Crippen LogP contribution is -2.25. The number of hydrogen-bond acceptors (Lipinski definition) is 4. The van der Waals surface area contributed by atoms with Gasteiger partial charge in [0.05, 0.1) is 2.74 Å². The zero-order valence-electron chi connectivity index (χ0n) is 13.9. The third-order valence-electron chi connectivity index (χ3n) is 2.80. The summed E-state index contributed by atoms with van der Waals surface area (Å²) in [5.74, 6) is -5.38. The molecule has 0 radical (unpaired) electrons. The molecule has 0 saturated heterocycles. The maximum Gasteiger partial charge on any atom is 0.490 e. The van der Waals surface area contributed by atoms with E-state index in [-0.39, 0.29) is 0 Å². The van der Waals surface area contributed by atoms with Gasteiger partial charge in [0.1, 0.15) is 5.89 Å². The van der Waals surface area contributed by atoms with Crippen LogP contribution in [0.1, 0.15) is 2.74 Å². The van der Waals surface area contributed by atoms with Gasteiger partial charge in [-0.25, -0.2) is 4.79 Å². The van der Waals surface area contributed by atoms with Crippen LogP contribution in [0.15, 0.2) is 58.3 Å². The number of benzene rings is 2. The Balaban J connectivity index is 2.07. The van der Waals surface area contributed by atoms with Crippen LogP contribution in [-0.2, 0) is 9.53 Å². The highest BCUT2D eigenvalue weighted by Gasteiger charge is 2.40. The van der Waals surface area contributed by atoms with Gasteiger partial charge in [0.25, 0.3) is 0 Å². The fourth-order valence-corrected chi connectivity index (χ4v) is 2.56. The number of alkyl halides is 3. The summed E-state index contributed by atoms with van der Waals surface area (Å²) < 4.78 is 55.2. The SMILES string of the molecule is [2H]C([2H])(OC(=O)C(F)(F)F)Sc1ccc(-c2ccc(SC)cc2)cc1. The summed E-state index contributed by atoms with van der Waals surface area (Å²) in [6.07, 6.45) is -3.26. The van der Waals surface area contributed by atoms with E-state index < -0.39 is 18.0 Å². The second kappa shape index (κ2) is 7.79. The minimum Gasteiger partial charge on any atom is -0.448 e. The first-order valence-electron chi connectivity index (χ1n) is 7.34. The first-order valence-corrected chi connectivity index (χ1v) is 8.38. The van der Waals surface area contributed by atoms with Crippen LogP contribution in [-0.4, -0.2) is 24.3 Å². The topological polar surface area (TPSA) is 26.3 Å². The summed E-state index contributed by atoms with van der Waals surface area (Å²) >= 11 is 2.01. The summed E-state index contributed by atoms with van der Waals surface area (Å²) in [5.41, 5.74) is 1.84. The fraction of sp³-hybridized carbons (Fsp3) is 0.188. The summed E-state index contributed by atoms with van der Waals surface area (Å²) in [7, 11) is 0. The minimum atomic E-state index is -5.24. The Kier molecular flexibility index (Phi) is 5.06. The van der Waals surface area contributed by atoms with Gasteiger partial charge in [-0.2, -0.15) is 13.2 Å². The van der Waals surface area contributed by atoms with Gasteiger partial charge >= 0.3 is 12.1 Å². The number of ether oxygens (including phenoxy) is 1. The molecule has 0 aliphatic carbocycles. The van der Waals surface area contributed by atoms with E-state index in [1.54, 1.807) is 36.0 Å². The van der Waals surface area contributed by atoms with Crippen molar-refractivity contribution in [1.29, 1.82) is 0 Å². The van der Waals surface area contributed by atoms with Gasteiger partial charge in [0.2, 0.25) is 0 Å².